The predicted molar refractivity (Wildman–Crippen MR) is 117 cm³/mol. The van der Waals surface area contributed by atoms with E-state index in [1.165, 1.54) is 5.56 Å². The van der Waals surface area contributed by atoms with Gasteiger partial charge in [-0.25, -0.2) is 9.97 Å². The smallest absolute Gasteiger partial charge is 0.255 e. The molecule has 3 aromatic rings. The molecular weight excluding hydrogens is 390 g/mol. The van der Waals surface area contributed by atoms with Crippen LogP contribution in [0.4, 0.5) is 0 Å². The van der Waals surface area contributed by atoms with Crippen LogP contribution in [0, 0.1) is 11.8 Å². The standard InChI is InChI=1S/C24H27N5O2/c1-27-14-19-9-20(8-17(19)11-22(27)30)28(2)24(31)18-10-21-23(25-12-18)29(15-26-21)13-16-6-4-3-5-7-16/h3-7,10,12,15,17,19-20H,8-9,11,13-14H2,1-2H3/t17-,19+,20-/m0/s1. The molecule has 7 heteroatoms. The minimum atomic E-state index is -0.0321. The molecule has 0 bridgehead atoms. The molecule has 1 aromatic carbocycles. The van der Waals surface area contributed by atoms with Gasteiger partial charge in [-0.1, -0.05) is 30.3 Å². The number of fused-ring (bicyclic) bond motifs is 2. The maximum Gasteiger partial charge on any atom is 0.255 e. The summed E-state index contributed by atoms with van der Waals surface area (Å²) in [5.41, 5.74) is 3.23. The quantitative estimate of drug-likeness (QED) is 0.655. The van der Waals surface area contributed by atoms with Crippen molar-refractivity contribution in [3.05, 3.63) is 60.0 Å². The van der Waals surface area contributed by atoms with Crippen molar-refractivity contribution in [2.75, 3.05) is 20.6 Å². The molecule has 1 saturated carbocycles. The van der Waals surface area contributed by atoms with Crippen molar-refractivity contribution in [3.8, 4) is 0 Å². The molecular formula is C24H27N5O2. The summed E-state index contributed by atoms with van der Waals surface area (Å²) in [6.07, 6.45) is 5.88. The van der Waals surface area contributed by atoms with E-state index in [2.05, 4.69) is 22.1 Å². The summed E-state index contributed by atoms with van der Waals surface area (Å²) in [5, 5.41) is 0. The minimum absolute atomic E-state index is 0.0321. The molecule has 1 aliphatic heterocycles. The van der Waals surface area contributed by atoms with E-state index in [1.807, 2.05) is 52.7 Å². The third-order valence-electron chi connectivity index (χ3n) is 6.95. The molecule has 2 aliphatic rings. The zero-order chi connectivity index (χ0) is 21.5. The van der Waals surface area contributed by atoms with E-state index >= 15 is 0 Å². The number of likely N-dealkylation sites (tertiary alicyclic amines) is 1. The van der Waals surface area contributed by atoms with E-state index in [-0.39, 0.29) is 17.9 Å². The highest BCUT2D eigenvalue weighted by Crippen LogP contribution is 2.40. The number of carbonyl (C=O) groups is 2. The summed E-state index contributed by atoms with van der Waals surface area (Å²) in [5.74, 6) is 1.06. The van der Waals surface area contributed by atoms with Gasteiger partial charge in [0.05, 0.1) is 18.4 Å². The SMILES string of the molecule is CN1C[C@H]2C[C@@H](N(C)C(=O)c3cnc4c(c3)ncn4Cc3ccccc3)C[C@H]2CC1=O. The normalized spacial score (nSPS) is 23.2. The van der Waals surface area contributed by atoms with Crippen LogP contribution in [0.2, 0.25) is 0 Å². The van der Waals surface area contributed by atoms with Gasteiger partial charge in [-0.3, -0.25) is 9.59 Å². The van der Waals surface area contributed by atoms with Crippen LogP contribution in [-0.4, -0.2) is 62.8 Å². The lowest BCUT2D eigenvalue weighted by Gasteiger charge is -2.31. The van der Waals surface area contributed by atoms with Crippen LogP contribution in [0.15, 0.2) is 48.9 Å². The van der Waals surface area contributed by atoms with Crippen LogP contribution in [0.25, 0.3) is 11.2 Å². The Kier molecular flexibility index (Phi) is 4.96. The molecule has 1 aliphatic carbocycles. The first kappa shape index (κ1) is 19.7. The van der Waals surface area contributed by atoms with E-state index < -0.39 is 0 Å². The molecule has 2 amide bonds. The predicted octanol–water partition coefficient (Wildman–Crippen LogP) is 2.81. The largest absolute Gasteiger partial charge is 0.345 e. The van der Waals surface area contributed by atoms with Crippen LogP contribution in [0.3, 0.4) is 0 Å². The Morgan fingerprint density at radius 1 is 1.16 bits per heavy atom. The fourth-order valence-electron chi connectivity index (χ4n) is 5.13. The van der Waals surface area contributed by atoms with Gasteiger partial charge < -0.3 is 14.4 Å². The first-order chi connectivity index (χ1) is 15.0. The molecule has 1 saturated heterocycles. The second-order valence-corrected chi connectivity index (χ2v) is 8.96. The molecule has 0 spiro atoms. The van der Waals surface area contributed by atoms with Crippen molar-refractivity contribution >= 4 is 23.0 Å². The Hall–Kier alpha value is -3.22. The number of carbonyl (C=O) groups excluding carboxylic acids is 2. The van der Waals surface area contributed by atoms with Crippen molar-refractivity contribution in [3.63, 3.8) is 0 Å². The van der Waals surface area contributed by atoms with Gasteiger partial charge in [-0.2, -0.15) is 0 Å². The highest BCUT2D eigenvalue weighted by molar-refractivity contribution is 5.96. The average molecular weight is 418 g/mol. The van der Waals surface area contributed by atoms with E-state index in [0.717, 1.165) is 30.6 Å². The number of imidazole rings is 1. The fourth-order valence-corrected chi connectivity index (χ4v) is 5.13. The molecule has 0 unspecified atom stereocenters. The molecule has 5 rings (SSSR count). The zero-order valence-electron chi connectivity index (χ0n) is 17.9. The summed E-state index contributed by atoms with van der Waals surface area (Å²) in [4.78, 5) is 37.9. The molecule has 0 radical (unpaired) electrons. The Bertz CT molecular complexity index is 1130. The van der Waals surface area contributed by atoms with Gasteiger partial charge in [-0.15, -0.1) is 0 Å². The Morgan fingerprint density at radius 3 is 2.74 bits per heavy atom. The summed E-state index contributed by atoms with van der Waals surface area (Å²) in [6.45, 7) is 1.49. The summed E-state index contributed by atoms with van der Waals surface area (Å²) in [6, 6.07) is 12.2. The molecule has 3 atom stereocenters. The molecule has 7 nitrogen and oxygen atoms in total. The number of amides is 2. The van der Waals surface area contributed by atoms with Gasteiger partial charge in [-0.05, 0) is 36.3 Å². The van der Waals surface area contributed by atoms with Crippen LogP contribution < -0.4 is 0 Å². The lowest BCUT2D eigenvalue weighted by Crippen LogP contribution is -2.39. The third kappa shape index (κ3) is 3.69. The lowest BCUT2D eigenvalue weighted by atomic mass is 9.88. The number of rotatable bonds is 4. The molecule has 3 heterocycles. The Labute approximate surface area is 181 Å². The van der Waals surface area contributed by atoms with Gasteiger partial charge in [0.2, 0.25) is 5.91 Å². The highest BCUT2D eigenvalue weighted by atomic mass is 16.2. The van der Waals surface area contributed by atoms with Crippen molar-refractivity contribution in [1.29, 1.82) is 0 Å². The number of hydrogen-bond acceptors (Lipinski definition) is 4. The van der Waals surface area contributed by atoms with Gasteiger partial charge in [0.25, 0.3) is 5.91 Å². The second kappa shape index (κ2) is 7.80. The average Bonchev–Trinajstić information content (AvgIpc) is 3.37. The van der Waals surface area contributed by atoms with Gasteiger partial charge in [0, 0.05) is 39.3 Å². The number of pyridine rings is 1. The maximum atomic E-state index is 13.2. The summed E-state index contributed by atoms with van der Waals surface area (Å²) >= 11 is 0. The van der Waals surface area contributed by atoms with E-state index in [0.29, 0.717) is 30.4 Å². The second-order valence-electron chi connectivity index (χ2n) is 8.96. The molecule has 160 valence electrons. The van der Waals surface area contributed by atoms with E-state index in [4.69, 9.17) is 0 Å². The van der Waals surface area contributed by atoms with E-state index in [9.17, 15) is 9.59 Å². The molecule has 2 aromatic heterocycles. The van der Waals surface area contributed by atoms with Crippen LogP contribution in [0.1, 0.15) is 35.2 Å². The maximum absolute atomic E-state index is 13.2. The minimum Gasteiger partial charge on any atom is -0.345 e. The van der Waals surface area contributed by atoms with Gasteiger partial charge in [0.15, 0.2) is 5.65 Å². The van der Waals surface area contributed by atoms with Gasteiger partial charge in [0.1, 0.15) is 5.52 Å². The van der Waals surface area contributed by atoms with E-state index in [1.54, 1.807) is 12.5 Å². The Balaban J connectivity index is 1.31. The summed E-state index contributed by atoms with van der Waals surface area (Å²) in [7, 11) is 3.74. The number of nitrogens with zero attached hydrogens (tertiary/aromatic N) is 5. The van der Waals surface area contributed by atoms with Crippen LogP contribution >= 0.6 is 0 Å². The van der Waals surface area contributed by atoms with Crippen molar-refractivity contribution < 1.29 is 9.59 Å². The van der Waals surface area contributed by atoms with Gasteiger partial charge >= 0.3 is 0 Å². The molecule has 31 heavy (non-hydrogen) atoms. The third-order valence-corrected chi connectivity index (χ3v) is 6.95. The number of aromatic nitrogens is 3. The van der Waals surface area contributed by atoms with Crippen LogP contribution in [0.5, 0.6) is 0 Å². The first-order valence-electron chi connectivity index (χ1n) is 10.9. The zero-order valence-corrected chi connectivity index (χ0v) is 17.9. The number of hydrogen-bond donors (Lipinski definition) is 0. The first-order valence-corrected chi connectivity index (χ1v) is 10.9. The van der Waals surface area contributed by atoms with Crippen molar-refractivity contribution in [2.24, 2.45) is 11.8 Å². The van der Waals surface area contributed by atoms with Crippen LogP contribution in [-0.2, 0) is 11.3 Å². The number of piperidine rings is 1. The molecule has 2 fully saturated rings. The monoisotopic (exact) mass is 417 g/mol. The highest BCUT2D eigenvalue weighted by Gasteiger charge is 2.42. The lowest BCUT2D eigenvalue weighted by molar-refractivity contribution is -0.134. The Morgan fingerprint density at radius 2 is 1.94 bits per heavy atom. The summed E-state index contributed by atoms with van der Waals surface area (Å²) < 4.78 is 2.00. The van der Waals surface area contributed by atoms with Crippen molar-refractivity contribution in [2.45, 2.75) is 31.8 Å². The fraction of sp³-hybridized carbons (Fsp3) is 0.417. The van der Waals surface area contributed by atoms with Crippen molar-refractivity contribution in [1.82, 2.24) is 24.3 Å². The number of benzene rings is 1. The topological polar surface area (TPSA) is 71.3 Å². The molecule has 0 N–H and O–H groups in total.